The smallest absolute Gasteiger partial charge is 0.277 e. The third kappa shape index (κ3) is 3.43. The van der Waals surface area contributed by atoms with Crippen molar-refractivity contribution in [3.8, 4) is 10.6 Å². The molecule has 2 aromatic rings. The normalized spacial score (nSPS) is 24.4. The highest BCUT2D eigenvalue weighted by atomic mass is 32.1. The van der Waals surface area contributed by atoms with Gasteiger partial charge in [0.15, 0.2) is 0 Å². The Hall–Kier alpha value is -2.02. The molecule has 1 saturated carbocycles. The van der Waals surface area contributed by atoms with E-state index in [0.29, 0.717) is 33.3 Å². The summed E-state index contributed by atoms with van der Waals surface area (Å²) in [5.41, 5.74) is 2.75. The molecule has 3 atom stereocenters. The summed E-state index contributed by atoms with van der Waals surface area (Å²) in [5.74, 6) is 1.40. The number of rotatable bonds is 2. The molecule has 156 valence electrons. The van der Waals surface area contributed by atoms with Gasteiger partial charge in [-0.05, 0) is 57.4 Å². The van der Waals surface area contributed by atoms with E-state index < -0.39 is 0 Å². The molecule has 6 nitrogen and oxygen atoms in total. The van der Waals surface area contributed by atoms with Gasteiger partial charge in [-0.25, -0.2) is 9.67 Å². The Morgan fingerprint density at radius 1 is 1.10 bits per heavy atom. The lowest BCUT2D eigenvalue weighted by Crippen LogP contribution is -2.52. The third-order valence-corrected chi connectivity index (χ3v) is 8.09. The van der Waals surface area contributed by atoms with Gasteiger partial charge in [0.1, 0.15) is 9.88 Å². The summed E-state index contributed by atoms with van der Waals surface area (Å²) in [6, 6.07) is 0.350. The van der Waals surface area contributed by atoms with Gasteiger partial charge in [0.25, 0.3) is 11.5 Å². The van der Waals surface area contributed by atoms with Crippen LogP contribution in [0.1, 0.15) is 65.7 Å². The fourth-order valence-electron chi connectivity index (χ4n) is 5.10. The number of nitrogens with zero attached hydrogens (tertiary/aromatic N) is 4. The number of piperidine rings is 1. The molecule has 4 rings (SSSR count). The number of likely N-dealkylation sites (tertiary alicyclic amines) is 1. The zero-order chi connectivity index (χ0) is 20.9. The van der Waals surface area contributed by atoms with Crippen LogP contribution in [0.25, 0.3) is 10.6 Å². The topological polar surface area (TPSA) is 68.1 Å². The fraction of sp³-hybridized carbons (Fsp3) is 0.636. The Labute approximate surface area is 176 Å². The van der Waals surface area contributed by atoms with Crippen LogP contribution >= 0.6 is 11.3 Å². The molecule has 29 heavy (non-hydrogen) atoms. The number of carbonyl (C=O) groups excluding carboxylic acids is 1. The molecule has 0 radical (unpaired) electrons. The van der Waals surface area contributed by atoms with Crippen LogP contribution < -0.4 is 5.56 Å². The van der Waals surface area contributed by atoms with Gasteiger partial charge >= 0.3 is 0 Å². The molecular weight excluding hydrogens is 384 g/mol. The highest BCUT2D eigenvalue weighted by molar-refractivity contribution is 7.17. The minimum absolute atomic E-state index is 0.0929. The Morgan fingerprint density at radius 2 is 1.83 bits per heavy atom. The number of carbonyl (C=O) groups is 1. The van der Waals surface area contributed by atoms with Crippen molar-refractivity contribution in [2.24, 2.45) is 18.9 Å². The maximum absolute atomic E-state index is 13.5. The summed E-state index contributed by atoms with van der Waals surface area (Å²) < 4.78 is 1.36. The van der Waals surface area contributed by atoms with Crippen molar-refractivity contribution < 1.29 is 4.79 Å². The highest BCUT2D eigenvalue weighted by Crippen LogP contribution is 2.40. The number of aryl methyl sites for hydroxylation is 3. The predicted octanol–water partition coefficient (Wildman–Crippen LogP) is 3.87. The van der Waals surface area contributed by atoms with Crippen LogP contribution in [0.4, 0.5) is 0 Å². The van der Waals surface area contributed by atoms with E-state index in [0.717, 1.165) is 36.3 Å². The lowest BCUT2D eigenvalue weighted by atomic mass is 9.72. The van der Waals surface area contributed by atoms with E-state index in [9.17, 15) is 9.59 Å². The molecule has 2 fully saturated rings. The fourth-order valence-corrected chi connectivity index (χ4v) is 6.21. The second-order valence-corrected chi connectivity index (χ2v) is 9.73. The van der Waals surface area contributed by atoms with Crippen LogP contribution in [0, 0.1) is 32.6 Å². The predicted molar refractivity (Wildman–Crippen MR) is 115 cm³/mol. The zero-order valence-corrected chi connectivity index (χ0v) is 18.8. The highest BCUT2D eigenvalue weighted by Gasteiger charge is 2.40. The van der Waals surface area contributed by atoms with Crippen molar-refractivity contribution in [1.29, 1.82) is 0 Å². The lowest BCUT2D eigenvalue weighted by Gasteiger charge is -2.47. The third-order valence-electron chi connectivity index (χ3n) is 6.93. The molecule has 1 aliphatic heterocycles. The van der Waals surface area contributed by atoms with E-state index in [4.69, 9.17) is 0 Å². The number of aromatic nitrogens is 3. The van der Waals surface area contributed by atoms with Crippen LogP contribution in [-0.2, 0) is 7.05 Å². The van der Waals surface area contributed by atoms with Crippen LogP contribution in [0.3, 0.4) is 0 Å². The first-order chi connectivity index (χ1) is 13.8. The van der Waals surface area contributed by atoms with Gasteiger partial charge in [-0.2, -0.15) is 5.10 Å². The average Bonchev–Trinajstić information content (AvgIpc) is 3.08. The molecule has 2 aromatic heterocycles. The SMILES string of the molecule is Cc1nc(-c2c(C)c(C)nn(C)c2=O)sc1C(=O)N1CCC(C)C2CCCCC21. The molecule has 1 aliphatic carbocycles. The molecule has 1 amide bonds. The minimum atomic E-state index is -0.167. The van der Waals surface area contributed by atoms with Crippen LogP contribution in [0.15, 0.2) is 4.79 Å². The van der Waals surface area contributed by atoms with Crippen molar-refractivity contribution >= 4 is 17.2 Å². The quantitative estimate of drug-likeness (QED) is 0.748. The molecular formula is C22H30N4O2S. The molecule has 7 heteroatoms. The van der Waals surface area contributed by atoms with E-state index in [1.54, 1.807) is 7.05 Å². The van der Waals surface area contributed by atoms with Gasteiger partial charge in [-0.3, -0.25) is 9.59 Å². The summed E-state index contributed by atoms with van der Waals surface area (Å²) in [5, 5.41) is 4.88. The van der Waals surface area contributed by atoms with Gasteiger partial charge in [0, 0.05) is 19.6 Å². The molecule has 0 spiro atoms. The summed E-state index contributed by atoms with van der Waals surface area (Å²) in [6.07, 6.45) is 5.89. The monoisotopic (exact) mass is 414 g/mol. The molecule has 0 N–H and O–H groups in total. The first kappa shape index (κ1) is 20.3. The van der Waals surface area contributed by atoms with Gasteiger partial charge in [0.05, 0.1) is 17.0 Å². The second-order valence-electron chi connectivity index (χ2n) is 8.73. The van der Waals surface area contributed by atoms with E-state index in [1.807, 2.05) is 20.8 Å². The van der Waals surface area contributed by atoms with Crippen LogP contribution in [0.2, 0.25) is 0 Å². The Morgan fingerprint density at radius 3 is 2.59 bits per heavy atom. The molecule has 1 saturated heterocycles. The van der Waals surface area contributed by atoms with Crippen molar-refractivity contribution in [3.05, 3.63) is 32.2 Å². The first-order valence-electron chi connectivity index (χ1n) is 10.6. The summed E-state index contributed by atoms with van der Waals surface area (Å²) in [6.45, 7) is 8.83. The van der Waals surface area contributed by atoms with Crippen molar-refractivity contribution in [3.63, 3.8) is 0 Å². The first-order valence-corrected chi connectivity index (χ1v) is 11.4. The van der Waals surface area contributed by atoms with E-state index in [-0.39, 0.29) is 11.5 Å². The summed E-state index contributed by atoms with van der Waals surface area (Å²) in [7, 11) is 1.66. The van der Waals surface area contributed by atoms with E-state index >= 15 is 0 Å². The summed E-state index contributed by atoms with van der Waals surface area (Å²) in [4.78, 5) is 33.7. The largest absolute Gasteiger partial charge is 0.335 e. The van der Waals surface area contributed by atoms with Crippen LogP contribution in [0.5, 0.6) is 0 Å². The molecule has 0 aromatic carbocycles. The maximum atomic E-state index is 13.5. The zero-order valence-electron chi connectivity index (χ0n) is 18.0. The average molecular weight is 415 g/mol. The molecule has 3 unspecified atom stereocenters. The second kappa shape index (κ2) is 7.67. The lowest BCUT2D eigenvalue weighted by molar-refractivity contribution is 0.0221. The number of fused-ring (bicyclic) bond motifs is 1. The molecule has 3 heterocycles. The van der Waals surface area contributed by atoms with E-state index in [1.165, 1.54) is 35.3 Å². The van der Waals surface area contributed by atoms with E-state index in [2.05, 4.69) is 21.9 Å². The number of hydrogen-bond acceptors (Lipinski definition) is 5. The van der Waals surface area contributed by atoms with Gasteiger partial charge in [0.2, 0.25) is 0 Å². The minimum Gasteiger partial charge on any atom is -0.335 e. The van der Waals surface area contributed by atoms with Crippen molar-refractivity contribution in [1.82, 2.24) is 19.7 Å². The van der Waals surface area contributed by atoms with Crippen molar-refractivity contribution in [2.45, 2.75) is 65.8 Å². The Kier molecular flexibility index (Phi) is 5.36. The van der Waals surface area contributed by atoms with Gasteiger partial charge in [-0.1, -0.05) is 19.8 Å². The molecule has 0 bridgehead atoms. The van der Waals surface area contributed by atoms with Gasteiger partial charge < -0.3 is 4.90 Å². The molecule has 2 aliphatic rings. The van der Waals surface area contributed by atoms with Gasteiger partial charge in [-0.15, -0.1) is 11.3 Å². The number of thiazole rings is 1. The number of hydrogen-bond donors (Lipinski definition) is 0. The number of amides is 1. The maximum Gasteiger partial charge on any atom is 0.277 e. The standard InChI is InChI=1S/C22H30N4O2S/c1-12-10-11-26(17-9-7-6-8-16(12)17)22(28)19-15(4)23-20(29-19)18-13(2)14(3)24-25(5)21(18)27/h12,16-17H,6-11H2,1-5H3. The van der Waals surface area contributed by atoms with Crippen LogP contribution in [-0.4, -0.2) is 38.2 Å². The Balaban J connectivity index is 1.70. The van der Waals surface area contributed by atoms with Crippen molar-refractivity contribution in [2.75, 3.05) is 6.54 Å². The summed E-state index contributed by atoms with van der Waals surface area (Å²) >= 11 is 1.36. The Bertz CT molecular complexity index is 1010.